The zero-order valence-corrected chi connectivity index (χ0v) is 8.85. The van der Waals surface area contributed by atoms with E-state index in [1.165, 1.54) is 16.3 Å². The van der Waals surface area contributed by atoms with Gasteiger partial charge in [-0.3, -0.25) is 0 Å². The third-order valence-electron chi connectivity index (χ3n) is 2.14. The van der Waals surface area contributed by atoms with E-state index in [4.69, 9.17) is 0 Å². The Kier molecular flexibility index (Phi) is 2.51. The molecule has 0 amide bonds. The van der Waals surface area contributed by atoms with Crippen LogP contribution < -0.4 is 0 Å². The molecule has 2 aromatic carbocycles. The molecule has 0 atom stereocenters. The van der Waals surface area contributed by atoms with Gasteiger partial charge in [-0.2, -0.15) is 12.6 Å². The van der Waals surface area contributed by atoms with Crippen LogP contribution in [-0.2, 0) is 5.75 Å². The summed E-state index contributed by atoms with van der Waals surface area (Å²) in [7, 11) is 0. The van der Waals surface area contributed by atoms with Gasteiger partial charge in [0.1, 0.15) is 0 Å². The maximum absolute atomic E-state index is 4.44. The van der Waals surface area contributed by atoms with Crippen LogP contribution in [0.3, 0.4) is 0 Å². The zero-order chi connectivity index (χ0) is 9.26. The van der Waals surface area contributed by atoms with Gasteiger partial charge in [-0.1, -0.05) is 30.3 Å². The Morgan fingerprint density at radius 3 is 2.38 bits per heavy atom. The van der Waals surface area contributed by atoms with Gasteiger partial charge in [-0.05, 0) is 22.4 Å². The minimum atomic E-state index is 0.759. The molecule has 13 heavy (non-hydrogen) atoms. The lowest BCUT2D eigenvalue weighted by Crippen LogP contribution is -1.82. The molecule has 0 saturated heterocycles. The highest BCUT2D eigenvalue weighted by molar-refractivity contribution is 7.80. The van der Waals surface area contributed by atoms with Crippen molar-refractivity contribution in [3.05, 3.63) is 42.0 Å². The van der Waals surface area contributed by atoms with E-state index in [2.05, 4.69) is 49.5 Å². The van der Waals surface area contributed by atoms with Crippen molar-refractivity contribution in [2.45, 2.75) is 10.6 Å². The van der Waals surface area contributed by atoms with Gasteiger partial charge in [0, 0.05) is 10.6 Å². The molecule has 0 unspecified atom stereocenters. The molecule has 2 heteroatoms. The predicted octanol–water partition coefficient (Wildman–Crippen LogP) is 3.56. The van der Waals surface area contributed by atoms with Crippen molar-refractivity contribution >= 4 is 36.0 Å². The van der Waals surface area contributed by atoms with Crippen LogP contribution in [0.25, 0.3) is 10.8 Å². The Hall–Kier alpha value is -0.600. The number of hydrogen-bond donors (Lipinski definition) is 2. The second-order valence-electron chi connectivity index (χ2n) is 2.95. The summed E-state index contributed by atoms with van der Waals surface area (Å²) < 4.78 is 0. The molecule has 66 valence electrons. The van der Waals surface area contributed by atoms with E-state index in [0.29, 0.717) is 0 Å². The fourth-order valence-electron chi connectivity index (χ4n) is 1.53. The molecular formula is C11H10S2. The highest BCUT2D eigenvalue weighted by atomic mass is 32.1. The fourth-order valence-corrected chi connectivity index (χ4v) is 2.15. The molecular weight excluding hydrogens is 196 g/mol. The molecule has 0 radical (unpaired) electrons. The molecule has 0 aliphatic rings. The Balaban J connectivity index is 2.87. The highest BCUT2D eigenvalue weighted by Gasteiger charge is 2.01. The average Bonchev–Trinajstić information content (AvgIpc) is 2.17. The van der Waals surface area contributed by atoms with E-state index in [1.54, 1.807) is 0 Å². The molecule has 0 heterocycles. The molecule has 0 spiro atoms. The summed E-state index contributed by atoms with van der Waals surface area (Å²) in [6.45, 7) is 0. The summed E-state index contributed by atoms with van der Waals surface area (Å²) in [6, 6.07) is 12.4. The number of rotatable bonds is 1. The highest BCUT2D eigenvalue weighted by Crippen LogP contribution is 2.26. The lowest BCUT2D eigenvalue weighted by Gasteiger charge is -2.05. The normalized spacial score (nSPS) is 10.6. The number of thiol groups is 2. The Bertz CT molecular complexity index is 430. The molecule has 0 bridgehead atoms. The van der Waals surface area contributed by atoms with Gasteiger partial charge in [0.05, 0.1) is 0 Å². The molecule has 0 aliphatic carbocycles. The standard InChI is InChI=1S/C11H10S2/c12-7-9-5-1-3-8-4-2-6-10(13)11(8)9/h1-6,12-13H,7H2. The van der Waals surface area contributed by atoms with Crippen LogP contribution in [0.1, 0.15) is 5.56 Å². The lowest BCUT2D eigenvalue weighted by molar-refractivity contribution is 1.43. The number of hydrogen-bond acceptors (Lipinski definition) is 2. The second-order valence-corrected chi connectivity index (χ2v) is 3.75. The maximum Gasteiger partial charge on any atom is 0.0160 e. The van der Waals surface area contributed by atoms with Gasteiger partial charge in [0.15, 0.2) is 0 Å². The summed E-state index contributed by atoms with van der Waals surface area (Å²) in [6.07, 6.45) is 0. The van der Waals surface area contributed by atoms with E-state index in [0.717, 1.165) is 10.6 Å². The summed E-state index contributed by atoms with van der Waals surface area (Å²) in [4.78, 5) is 1.03. The maximum atomic E-state index is 4.44. The van der Waals surface area contributed by atoms with Gasteiger partial charge in [0.2, 0.25) is 0 Å². The summed E-state index contributed by atoms with van der Waals surface area (Å²) in [5, 5.41) is 2.46. The number of benzene rings is 2. The first-order chi connectivity index (χ1) is 6.33. The first-order valence-electron chi connectivity index (χ1n) is 4.13. The Morgan fingerprint density at radius 1 is 1.00 bits per heavy atom. The fraction of sp³-hybridized carbons (Fsp3) is 0.0909. The average molecular weight is 206 g/mol. The second kappa shape index (κ2) is 3.64. The van der Waals surface area contributed by atoms with Crippen LogP contribution in [0.2, 0.25) is 0 Å². The van der Waals surface area contributed by atoms with Crippen molar-refractivity contribution < 1.29 is 0 Å². The molecule has 0 saturated carbocycles. The molecule has 0 aliphatic heterocycles. The van der Waals surface area contributed by atoms with E-state index in [9.17, 15) is 0 Å². The van der Waals surface area contributed by atoms with Crippen LogP contribution in [0.15, 0.2) is 41.3 Å². The largest absolute Gasteiger partial charge is 0.175 e. The SMILES string of the molecule is SCc1cccc2cccc(S)c12. The van der Waals surface area contributed by atoms with Crippen LogP contribution in [0.4, 0.5) is 0 Å². The predicted molar refractivity (Wildman–Crippen MR) is 63.9 cm³/mol. The minimum absolute atomic E-state index is 0.759. The number of fused-ring (bicyclic) bond motifs is 1. The third-order valence-corrected chi connectivity index (χ3v) is 2.85. The van der Waals surface area contributed by atoms with Gasteiger partial charge in [0.25, 0.3) is 0 Å². The summed E-state index contributed by atoms with van der Waals surface area (Å²) in [5.41, 5.74) is 1.24. The van der Waals surface area contributed by atoms with Crippen molar-refractivity contribution in [2.24, 2.45) is 0 Å². The first kappa shape index (κ1) is 8.97. The molecule has 0 fully saturated rings. The van der Waals surface area contributed by atoms with Crippen LogP contribution >= 0.6 is 25.3 Å². The van der Waals surface area contributed by atoms with Gasteiger partial charge >= 0.3 is 0 Å². The zero-order valence-electron chi connectivity index (χ0n) is 7.07. The molecule has 2 rings (SSSR count). The van der Waals surface area contributed by atoms with Crippen LogP contribution in [0, 0.1) is 0 Å². The van der Waals surface area contributed by atoms with Gasteiger partial charge in [-0.25, -0.2) is 0 Å². The van der Waals surface area contributed by atoms with Crippen LogP contribution in [-0.4, -0.2) is 0 Å². The van der Waals surface area contributed by atoms with E-state index in [-0.39, 0.29) is 0 Å². The van der Waals surface area contributed by atoms with Gasteiger partial charge < -0.3 is 0 Å². The van der Waals surface area contributed by atoms with E-state index >= 15 is 0 Å². The molecule has 0 N–H and O–H groups in total. The molecule has 0 nitrogen and oxygen atoms in total. The molecule has 0 aromatic heterocycles. The monoisotopic (exact) mass is 206 g/mol. The summed E-state index contributed by atoms with van der Waals surface area (Å²) in [5.74, 6) is 0.759. The lowest BCUT2D eigenvalue weighted by atomic mass is 10.1. The smallest absolute Gasteiger partial charge is 0.0160 e. The van der Waals surface area contributed by atoms with Crippen molar-refractivity contribution in [1.29, 1.82) is 0 Å². The third kappa shape index (κ3) is 1.56. The van der Waals surface area contributed by atoms with E-state index in [1.807, 2.05) is 12.1 Å². The van der Waals surface area contributed by atoms with Gasteiger partial charge in [-0.15, -0.1) is 12.6 Å². The first-order valence-corrected chi connectivity index (χ1v) is 5.21. The minimum Gasteiger partial charge on any atom is -0.175 e. The van der Waals surface area contributed by atoms with Crippen molar-refractivity contribution in [3.8, 4) is 0 Å². The molecule has 2 aromatic rings. The van der Waals surface area contributed by atoms with Crippen molar-refractivity contribution in [1.82, 2.24) is 0 Å². The topological polar surface area (TPSA) is 0 Å². The van der Waals surface area contributed by atoms with Crippen LogP contribution in [0.5, 0.6) is 0 Å². The van der Waals surface area contributed by atoms with Crippen molar-refractivity contribution in [2.75, 3.05) is 0 Å². The van der Waals surface area contributed by atoms with Crippen molar-refractivity contribution in [3.63, 3.8) is 0 Å². The summed E-state index contributed by atoms with van der Waals surface area (Å²) >= 11 is 8.74. The quantitative estimate of drug-likeness (QED) is 0.655. The van der Waals surface area contributed by atoms with E-state index < -0.39 is 0 Å². The Morgan fingerprint density at radius 2 is 1.69 bits per heavy atom. The Labute approximate surface area is 88.8 Å².